The molecule has 1 aromatic rings. The Morgan fingerprint density at radius 1 is 1.06 bits per heavy atom. The van der Waals surface area contributed by atoms with Crippen LogP contribution in [0.3, 0.4) is 0 Å². The summed E-state index contributed by atoms with van der Waals surface area (Å²) in [6, 6.07) is 7.86. The van der Waals surface area contributed by atoms with Crippen LogP contribution in [0.25, 0.3) is 0 Å². The number of nitrogens with one attached hydrogen (secondary N) is 2. The van der Waals surface area contributed by atoms with Gasteiger partial charge in [-0.2, -0.15) is 0 Å². The van der Waals surface area contributed by atoms with E-state index in [-0.39, 0.29) is 18.4 Å². The number of urea groups is 1. The largest absolute Gasteiger partial charge is 0.350 e. The first-order valence-electron chi connectivity index (χ1n) is 12.2. The van der Waals surface area contributed by atoms with E-state index in [0.717, 1.165) is 36.3 Å². The average molecular weight is 441 g/mol. The fourth-order valence-electron chi connectivity index (χ4n) is 5.28. The van der Waals surface area contributed by atoms with E-state index in [0.29, 0.717) is 25.3 Å². The van der Waals surface area contributed by atoms with E-state index in [9.17, 15) is 14.4 Å². The molecule has 0 unspecified atom stereocenters. The number of carbonyl (C=O) groups is 3. The Kier molecular flexibility index (Phi) is 7.13. The molecular weight excluding hydrogens is 404 g/mol. The summed E-state index contributed by atoms with van der Waals surface area (Å²) in [4.78, 5) is 41.4. The van der Waals surface area contributed by atoms with E-state index >= 15 is 0 Å². The highest BCUT2D eigenvalue weighted by Gasteiger charge is 2.52. The van der Waals surface area contributed by atoms with Gasteiger partial charge in [0.1, 0.15) is 12.1 Å². The molecule has 32 heavy (non-hydrogen) atoms. The Hall–Kier alpha value is -2.41. The molecule has 1 aliphatic carbocycles. The molecule has 1 saturated carbocycles. The molecule has 174 valence electrons. The van der Waals surface area contributed by atoms with Gasteiger partial charge >= 0.3 is 6.03 Å². The number of imide groups is 1. The van der Waals surface area contributed by atoms with E-state index in [2.05, 4.69) is 34.6 Å². The molecule has 7 nitrogen and oxygen atoms in total. The van der Waals surface area contributed by atoms with Crippen molar-refractivity contribution >= 4 is 17.8 Å². The van der Waals surface area contributed by atoms with Crippen LogP contribution in [0, 0.1) is 5.92 Å². The normalized spacial score (nSPS) is 26.4. The van der Waals surface area contributed by atoms with Crippen molar-refractivity contribution in [1.29, 1.82) is 0 Å². The smallest absolute Gasteiger partial charge is 0.325 e. The number of amides is 4. The molecule has 0 bridgehead atoms. The van der Waals surface area contributed by atoms with E-state index < -0.39 is 11.6 Å². The molecule has 7 heteroatoms. The van der Waals surface area contributed by atoms with Crippen molar-refractivity contribution in [2.45, 2.75) is 76.9 Å². The highest BCUT2D eigenvalue weighted by Crippen LogP contribution is 2.37. The van der Waals surface area contributed by atoms with Crippen molar-refractivity contribution in [1.82, 2.24) is 20.4 Å². The van der Waals surface area contributed by atoms with Gasteiger partial charge in [-0.05, 0) is 68.7 Å². The fourth-order valence-corrected chi connectivity index (χ4v) is 5.28. The van der Waals surface area contributed by atoms with Crippen molar-refractivity contribution in [2.75, 3.05) is 19.6 Å². The maximum absolute atomic E-state index is 13.0. The first-order valence-corrected chi connectivity index (χ1v) is 12.2. The third kappa shape index (κ3) is 5.14. The Morgan fingerprint density at radius 3 is 2.38 bits per heavy atom. The zero-order chi connectivity index (χ0) is 22.6. The van der Waals surface area contributed by atoms with Gasteiger partial charge in [-0.15, -0.1) is 0 Å². The number of rotatable bonds is 7. The Balaban J connectivity index is 1.25. The standard InChI is InChI=1S/C25H36N4O3/c1-2-19-10-12-25(13-11-19)23(31)29(24(32)27-25)18-22(30)26-16-20-6-8-21(9-7-20)17-28-14-4-3-5-15-28/h6-9,19H,2-5,10-18H2,1H3,(H,26,30)(H,27,32). The first kappa shape index (κ1) is 22.8. The molecule has 0 atom stereocenters. The van der Waals surface area contributed by atoms with E-state index in [4.69, 9.17) is 0 Å². The van der Waals surface area contributed by atoms with Gasteiger partial charge in [0.25, 0.3) is 5.91 Å². The molecule has 2 aliphatic heterocycles. The summed E-state index contributed by atoms with van der Waals surface area (Å²) < 4.78 is 0. The zero-order valence-electron chi connectivity index (χ0n) is 19.2. The third-order valence-electron chi connectivity index (χ3n) is 7.45. The second-order valence-corrected chi connectivity index (χ2v) is 9.69. The van der Waals surface area contributed by atoms with E-state index in [1.54, 1.807) is 0 Å². The molecule has 1 aromatic carbocycles. The molecule has 4 rings (SSSR count). The molecule has 2 heterocycles. The van der Waals surface area contributed by atoms with Gasteiger partial charge in [-0.1, -0.05) is 44.0 Å². The molecule has 3 aliphatic rings. The van der Waals surface area contributed by atoms with Gasteiger partial charge in [-0.25, -0.2) is 4.79 Å². The molecule has 2 saturated heterocycles. The monoisotopic (exact) mass is 440 g/mol. The summed E-state index contributed by atoms with van der Waals surface area (Å²) in [6.07, 6.45) is 8.20. The molecule has 0 aromatic heterocycles. The van der Waals surface area contributed by atoms with Gasteiger partial charge in [0.2, 0.25) is 5.91 Å². The van der Waals surface area contributed by atoms with Gasteiger partial charge in [0.05, 0.1) is 0 Å². The summed E-state index contributed by atoms with van der Waals surface area (Å²) in [5.74, 6) is 0.0633. The quantitative estimate of drug-likeness (QED) is 0.638. The van der Waals surface area contributed by atoms with Crippen molar-refractivity contribution in [3.8, 4) is 0 Å². The Morgan fingerprint density at radius 2 is 1.72 bits per heavy atom. The van der Waals surface area contributed by atoms with Gasteiger partial charge < -0.3 is 10.6 Å². The molecule has 4 amide bonds. The van der Waals surface area contributed by atoms with E-state index in [1.807, 2.05) is 12.1 Å². The van der Waals surface area contributed by atoms with Crippen molar-refractivity contribution in [3.63, 3.8) is 0 Å². The predicted molar refractivity (Wildman–Crippen MR) is 123 cm³/mol. The summed E-state index contributed by atoms with van der Waals surface area (Å²) in [5.41, 5.74) is 1.49. The topological polar surface area (TPSA) is 81.8 Å². The summed E-state index contributed by atoms with van der Waals surface area (Å²) in [6.45, 7) is 5.63. The minimum atomic E-state index is -0.798. The lowest BCUT2D eigenvalue weighted by molar-refractivity contribution is -0.136. The molecular formula is C25H36N4O3. The maximum atomic E-state index is 13.0. The fraction of sp³-hybridized carbons (Fsp3) is 0.640. The Bertz CT molecular complexity index is 824. The summed E-state index contributed by atoms with van der Waals surface area (Å²) in [7, 11) is 0. The minimum Gasteiger partial charge on any atom is -0.350 e. The van der Waals surface area contributed by atoms with Crippen LogP contribution in [0.15, 0.2) is 24.3 Å². The number of nitrogens with zero attached hydrogens (tertiary/aromatic N) is 2. The number of likely N-dealkylation sites (tertiary alicyclic amines) is 1. The van der Waals surface area contributed by atoms with Crippen LogP contribution in [-0.2, 0) is 22.7 Å². The molecule has 0 radical (unpaired) electrons. The highest BCUT2D eigenvalue weighted by atomic mass is 16.2. The summed E-state index contributed by atoms with van der Waals surface area (Å²) in [5, 5.41) is 5.74. The van der Waals surface area contributed by atoms with Crippen molar-refractivity contribution in [2.24, 2.45) is 5.92 Å². The van der Waals surface area contributed by atoms with E-state index in [1.165, 1.54) is 37.9 Å². The minimum absolute atomic E-state index is 0.226. The third-order valence-corrected chi connectivity index (χ3v) is 7.45. The van der Waals surface area contributed by atoms with Crippen LogP contribution in [0.5, 0.6) is 0 Å². The van der Waals surface area contributed by atoms with Gasteiger partial charge in [-0.3, -0.25) is 19.4 Å². The van der Waals surface area contributed by atoms with Crippen LogP contribution in [0.2, 0.25) is 0 Å². The Labute approximate surface area is 190 Å². The maximum Gasteiger partial charge on any atom is 0.325 e. The lowest BCUT2D eigenvalue weighted by atomic mass is 9.75. The molecule has 2 N–H and O–H groups in total. The summed E-state index contributed by atoms with van der Waals surface area (Å²) >= 11 is 0. The zero-order valence-corrected chi connectivity index (χ0v) is 19.2. The second kappa shape index (κ2) is 10.0. The lowest BCUT2D eigenvalue weighted by Gasteiger charge is -2.34. The number of benzene rings is 1. The number of hydrogen-bond donors (Lipinski definition) is 2. The van der Waals surface area contributed by atoms with Gasteiger partial charge in [0.15, 0.2) is 0 Å². The van der Waals surface area contributed by atoms with Crippen LogP contribution in [-0.4, -0.2) is 52.8 Å². The van der Waals surface area contributed by atoms with Crippen LogP contribution in [0.4, 0.5) is 4.79 Å². The lowest BCUT2D eigenvalue weighted by Crippen LogP contribution is -2.50. The van der Waals surface area contributed by atoms with Crippen molar-refractivity contribution in [3.05, 3.63) is 35.4 Å². The number of piperidine rings is 1. The second-order valence-electron chi connectivity index (χ2n) is 9.69. The SMILES string of the molecule is CCC1CCC2(CC1)NC(=O)N(CC(=O)NCc1ccc(CN3CCCCC3)cc1)C2=O. The van der Waals surface area contributed by atoms with Gasteiger partial charge in [0, 0.05) is 13.1 Å². The molecule has 3 fully saturated rings. The van der Waals surface area contributed by atoms with Crippen LogP contribution < -0.4 is 10.6 Å². The highest BCUT2D eigenvalue weighted by molar-refractivity contribution is 6.09. The number of carbonyl (C=O) groups excluding carboxylic acids is 3. The average Bonchev–Trinajstić information content (AvgIpc) is 3.04. The first-order chi connectivity index (χ1) is 15.5. The van der Waals surface area contributed by atoms with Crippen molar-refractivity contribution < 1.29 is 14.4 Å². The number of hydrogen-bond acceptors (Lipinski definition) is 4. The van der Waals surface area contributed by atoms with Crippen LogP contribution >= 0.6 is 0 Å². The molecule has 1 spiro atoms. The van der Waals surface area contributed by atoms with Crippen LogP contribution in [0.1, 0.15) is 69.4 Å². The predicted octanol–water partition coefficient (Wildman–Crippen LogP) is 3.18.